The van der Waals surface area contributed by atoms with Gasteiger partial charge in [-0.1, -0.05) is 12.8 Å². The fourth-order valence-corrected chi connectivity index (χ4v) is 4.93. The number of hydrogen-bond acceptors (Lipinski definition) is 7. The highest BCUT2D eigenvalue weighted by molar-refractivity contribution is 6.05. The molecule has 2 N–H and O–H groups in total. The highest BCUT2D eigenvalue weighted by Gasteiger charge is 2.39. The number of nitrogens with one attached hydrogen (secondary N) is 2. The molecule has 2 atom stereocenters. The number of nitrogens with zero attached hydrogens (tertiary/aromatic N) is 1. The summed E-state index contributed by atoms with van der Waals surface area (Å²) in [4.78, 5) is 50.1. The summed E-state index contributed by atoms with van der Waals surface area (Å²) < 4.78 is 17.0. The zero-order valence-corrected chi connectivity index (χ0v) is 21.5. The molecule has 0 saturated carbocycles. The van der Waals surface area contributed by atoms with Crippen LogP contribution in [0.4, 0.5) is 0 Å². The van der Waals surface area contributed by atoms with Gasteiger partial charge in [0, 0.05) is 38.3 Å². The number of amides is 4. The minimum absolute atomic E-state index is 0.0684. The van der Waals surface area contributed by atoms with Crippen molar-refractivity contribution >= 4 is 23.6 Å². The number of benzene rings is 1. The number of carbonyl (C=O) groups is 4. The number of ether oxygens (including phenoxy) is 3. The summed E-state index contributed by atoms with van der Waals surface area (Å²) in [7, 11) is 0. The largest absolute Gasteiger partial charge is 0.494 e. The first-order chi connectivity index (χ1) is 17.9. The summed E-state index contributed by atoms with van der Waals surface area (Å²) in [6.07, 6.45) is 5.66. The summed E-state index contributed by atoms with van der Waals surface area (Å²) >= 11 is 0. The Hall–Kier alpha value is -2.98. The van der Waals surface area contributed by atoms with Crippen molar-refractivity contribution in [2.45, 2.75) is 83.1 Å². The molecule has 3 aliphatic heterocycles. The quantitative estimate of drug-likeness (QED) is 0.323. The third-order valence-electron chi connectivity index (χ3n) is 7.07. The number of imide groups is 1. The monoisotopic (exact) mass is 515 g/mol. The molecule has 2 fully saturated rings. The van der Waals surface area contributed by atoms with Gasteiger partial charge in [-0.15, -0.1) is 0 Å². The standard InChI is InChI=1S/C27H37N3O7/c1-18(37-20-10-14-35-15-11-20)25(32)28-12-4-2-3-5-13-36-21-6-7-22-19(16-21)17-30(27(22)34)23-8-9-24(31)29-26(23)33/h6-7,16,18,20,23H,2-5,8-15,17H2,1H3,(H,28,32)(H,29,31,33). The molecule has 0 aliphatic carbocycles. The van der Waals surface area contributed by atoms with Gasteiger partial charge in [0.1, 0.15) is 17.9 Å². The number of fused-ring (bicyclic) bond motifs is 1. The van der Waals surface area contributed by atoms with Crippen LogP contribution in [0.5, 0.6) is 5.75 Å². The molecule has 10 heteroatoms. The molecule has 2 unspecified atom stereocenters. The number of piperidine rings is 1. The maximum atomic E-state index is 12.8. The van der Waals surface area contributed by atoms with E-state index in [9.17, 15) is 19.2 Å². The number of unbranched alkanes of at least 4 members (excludes halogenated alkanes) is 3. The highest BCUT2D eigenvalue weighted by atomic mass is 16.5. The third-order valence-corrected chi connectivity index (χ3v) is 7.07. The van der Waals surface area contributed by atoms with Crippen LogP contribution in [0, 0.1) is 0 Å². The van der Waals surface area contributed by atoms with Crippen LogP contribution in [-0.2, 0) is 30.4 Å². The van der Waals surface area contributed by atoms with Crippen molar-refractivity contribution in [1.82, 2.24) is 15.5 Å². The molecule has 2 saturated heterocycles. The first-order valence-corrected chi connectivity index (χ1v) is 13.3. The average Bonchev–Trinajstić information content (AvgIpc) is 3.21. The summed E-state index contributed by atoms with van der Waals surface area (Å²) in [5, 5.41) is 5.26. The van der Waals surface area contributed by atoms with E-state index < -0.39 is 18.1 Å². The molecule has 4 rings (SSSR count). The molecule has 3 heterocycles. The molecule has 0 bridgehead atoms. The van der Waals surface area contributed by atoms with Gasteiger partial charge in [-0.25, -0.2) is 0 Å². The van der Waals surface area contributed by atoms with Gasteiger partial charge in [-0.05, 0) is 62.8 Å². The van der Waals surface area contributed by atoms with E-state index in [1.807, 2.05) is 6.07 Å². The van der Waals surface area contributed by atoms with Gasteiger partial charge >= 0.3 is 0 Å². The lowest BCUT2D eigenvalue weighted by Crippen LogP contribution is -2.52. The van der Waals surface area contributed by atoms with Crippen molar-refractivity contribution in [3.63, 3.8) is 0 Å². The Morgan fingerprint density at radius 1 is 1.14 bits per heavy atom. The van der Waals surface area contributed by atoms with Crippen LogP contribution in [0.3, 0.4) is 0 Å². The van der Waals surface area contributed by atoms with E-state index in [1.54, 1.807) is 19.1 Å². The molecule has 0 spiro atoms. The van der Waals surface area contributed by atoms with Crippen molar-refractivity contribution in [3.8, 4) is 5.75 Å². The Balaban J connectivity index is 1.09. The SMILES string of the molecule is CC(OC1CCOCC1)C(=O)NCCCCCCOc1ccc2c(c1)CN(C1CCC(=O)NC1=O)C2=O. The Bertz CT molecular complexity index is 992. The van der Waals surface area contributed by atoms with Crippen LogP contribution in [0.15, 0.2) is 18.2 Å². The zero-order valence-electron chi connectivity index (χ0n) is 21.5. The molecule has 202 valence electrons. The third kappa shape index (κ3) is 7.29. The van der Waals surface area contributed by atoms with Gasteiger partial charge in [-0.3, -0.25) is 24.5 Å². The predicted octanol–water partition coefficient (Wildman–Crippen LogP) is 2.09. The summed E-state index contributed by atoms with van der Waals surface area (Å²) in [6.45, 7) is 4.71. The molecule has 0 aromatic heterocycles. The van der Waals surface area contributed by atoms with Gasteiger partial charge in [0.2, 0.25) is 17.7 Å². The van der Waals surface area contributed by atoms with E-state index in [4.69, 9.17) is 14.2 Å². The van der Waals surface area contributed by atoms with Crippen LogP contribution in [0.1, 0.15) is 74.2 Å². The van der Waals surface area contributed by atoms with Gasteiger partial charge in [-0.2, -0.15) is 0 Å². The van der Waals surface area contributed by atoms with Crippen molar-refractivity contribution < 1.29 is 33.4 Å². The average molecular weight is 516 g/mol. The van der Waals surface area contributed by atoms with Crippen molar-refractivity contribution in [2.75, 3.05) is 26.4 Å². The maximum Gasteiger partial charge on any atom is 0.255 e. The first-order valence-electron chi connectivity index (χ1n) is 13.3. The number of carbonyl (C=O) groups excluding carboxylic acids is 4. The van der Waals surface area contributed by atoms with Gasteiger partial charge in [0.15, 0.2) is 0 Å². The Kier molecular flexibility index (Phi) is 9.51. The number of rotatable bonds is 12. The molecule has 1 aromatic rings. The summed E-state index contributed by atoms with van der Waals surface area (Å²) in [5.41, 5.74) is 1.41. The Morgan fingerprint density at radius 3 is 2.70 bits per heavy atom. The summed E-state index contributed by atoms with van der Waals surface area (Å²) in [6, 6.07) is 4.77. The highest BCUT2D eigenvalue weighted by Crippen LogP contribution is 2.30. The van der Waals surface area contributed by atoms with Gasteiger partial charge < -0.3 is 24.4 Å². The second kappa shape index (κ2) is 13.0. The lowest BCUT2D eigenvalue weighted by molar-refractivity contribution is -0.139. The predicted molar refractivity (Wildman–Crippen MR) is 134 cm³/mol. The second-order valence-corrected chi connectivity index (χ2v) is 9.86. The minimum atomic E-state index is -0.616. The molecular weight excluding hydrogens is 478 g/mol. The van der Waals surface area contributed by atoms with Crippen LogP contribution in [-0.4, -0.2) is 73.1 Å². The Labute approximate surface area is 217 Å². The fourth-order valence-electron chi connectivity index (χ4n) is 4.93. The second-order valence-electron chi connectivity index (χ2n) is 9.86. The topological polar surface area (TPSA) is 123 Å². The Morgan fingerprint density at radius 2 is 1.92 bits per heavy atom. The van der Waals surface area contributed by atoms with E-state index >= 15 is 0 Å². The molecule has 0 radical (unpaired) electrons. The van der Waals surface area contributed by atoms with E-state index in [0.29, 0.717) is 50.6 Å². The molecular formula is C27H37N3O7. The van der Waals surface area contributed by atoms with Crippen LogP contribution < -0.4 is 15.4 Å². The maximum absolute atomic E-state index is 12.8. The fraction of sp³-hybridized carbons (Fsp3) is 0.630. The molecule has 37 heavy (non-hydrogen) atoms. The van der Waals surface area contributed by atoms with Crippen molar-refractivity contribution in [3.05, 3.63) is 29.3 Å². The molecule has 1 aromatic carbocycles. The zero-order chi connectivity index (χ0) is 26.2. The molecule has 4 amide bonds. The molecule has 3 aliphatic rings. The van der Waals surface area contributed by atoms with Gasteiger partial charge in [0.25, 0.3) is 5.91 Å². The number of hydrogen-bond donors (Lipinski definition) is 2. The van der Waals surface area contributed by atoms with Crippen LogP contribution in [0.25, 0.3) is 0 Å². The minimum Gasteiger partial charge on any atom is -0.494 e. The van der Waals surface area contributed by atoms with Crippen LogP contribution >= 0.6 is 0 Å². The van der Waals surface area contributed by atoms with E-state index in [1.165, 1.54) is 4.90 Å². The summed E-state index contributed by atoms with van der Waals surface area (Å²) in [5.74, 6) is -0.265. The lowest BCUT2D eigenvalue weighted by Gasteiger charge is -2.29. The van der Waals surface area contributed by atoms with Crippen molar-refractivity contribution in [2.24, 2.45) is 0 Å². The van der Waals surface area contributed by atoms with Gasteiger partial charge in [0.05, 0.1) is 12.7 Å². The van der Waals surface area contributed by atoms with E-state index in [0.717, 1.165) is 44.1 Å². The lowest BCUT2D eigenvalue weighted by atomic mass is 10.0. The smallest absolute Gasteiger partial charge is 0.255 e. The first kappa shape index (κ1) is 27.1. The normalized spacial score (nSPS) is 20.9. The van der Waals surface area contributed by atoms with E-state index in [2.05, 4.69) is 10.6 Å². The van der Waals surface area contributed by atoms with Crippen LogP contribution in [0.2, 0.25) is 0 Å². The van der Waals surface area contributed by atoms with Crippen molar-refractivity contribution in [1.29, 1.82) is 0 Å². The van der Waals surface area contributed by atoms with E-state index in [-0.39, 0.29) is 30.2 Å². The molecule has 10 nitrogen and oxygen atoms in total.